The number of aryl methyl sites for hydroxylation is 1. The van der Waals surface area contributed by atoms with Gasteiger partial charge in [-0.15, -0.1) is 0 Å². The topological polar surface area (TPSA) is 49.0 Å². The van der Waals surface area contributed by atoms with Crippen molar-refractivity contribution in [3.8, 4) is 0 Å². The molecule has 1 aliphatic carbocycles. The molecule has 1 N–H and O–H groups in total. The van der Waals surface area contributed by atoms with Gasteiger partial charge < -0.3 is 4.90 Å². The van der Waals surface area contributed by atoms with Crippen LogP contribution >= 0.6 is 0 Å². The van der Waals surface area contributed by atoms with Gasteiger partial charge in [0.05, 0.1) is 11.8 Å². The molecule has 4 nitrogen and oxygen atoms in total. The van der Waals surface area contributed by atoms with Crippen LogP contribution < -0.4 is 0 Å². The summed E-state index contributed by atoms with van der Waals surface area (Å²) in [6.07, 6.45) is 5.47. The normalized spacial score (nSPS) is 14.4. The summed E-state index contributed by atoms with van der Waals surface area (Å²) in [5.74, 6) is 0.0674. The van der Waals surface area contributed by atoms with Crippen LogP contribution in [0.3, 0.4) is 0 Å². The molecule has 0 spiro atoms. The van der Waals surface area contributed by atoms with Crippen LogP contribution in [0, 0.1) is 6.92 Å². The minimum Gasteiger partial charge on any atom is -0.331 e. The lowest BCUT2D eigenvalue weighted by Crippen LogP contribution is -2.32. The van der Waals surface area contributed by atoms with Crippen LogP contribution in [0.25, 0.3) is 0 Å². The Morgan fingerprint density at radius 1 is 1.47 bits per heavy atom. The first-order chi connectivity index (χ1) is 9.24. The Balaban J connectivity index is 1.80. The largest absolute Gasteiger partial charge is 0.331 e. The van der Waals surface area contributed by atoms with E-state index < -0.39 is 0 Å². The first-order valence-corrected chi connectivity index (χ1v) is 6.59. The third-order valence-corrected chi connectivity index (χ3v) is 3.43. The second kappa shape index (κ2) is 4.88. The van der Waals surface area contributed by atoms with Gasteiger partial charge >= 0.3 is 0 Å². The van der Waals surface area contributed by atoms with E-state index in [1.54, 1.807) is 12.4 Å². The number of carbonyl (C=O) groups excluding carboxylic acids is 1. The molecule has 1 aromatic carbocycles. The number of rotatable bonds is 4. The van der Waals surface area contributed by atoms with E-state index in [1.807, 2.05) is 11.0 Å². The summed E-state index contributed by atoms with van der Waals surface area (Å²) in [7, 11) is 0. The highest BCUT2D eigenvalue weighted by molar-refractivity contribution is 5.94. The Bertz CT molecular complexity index is 573. The third-order valence-electron chi connectivity index (χ3n) is 3.43. The van der Waals surface area contributed by atoms with Crippen molar-refractivity contribution < 1.29 is 4.79 Å². The van der Waals surface area contributed by atoms with Gasteiger partial charge in [-0.05, 0) is 25.3 Å². The summed E-state index contributed by atoms with van der Waals surface area (Å²) < 4.78 is 0. The van der Waals surface area contributed by atoms with Crippen LogP contribution in [-0.2, 0) is 6.54 Å². The number of nitrogens with one attached hydrogen (secondary N) is 1. The van der Waals surface area contributed by atoms with Gasteiger partial charge in [0.15, 0.2) is 0 Å². The van der Waals surface area contributed by atoms with Gasteiger partial charge in [-0.25, -0.2) is 0 Å². The minimum atomic E-state index is 0.0674. The molecule has 0 atom stereocenters. The maximum Gasteiger partial charge on any atom is 0.257 e. The van der Waals surface area contributed by atoms with E-state index in [9.17, 15) is 4.79 Å². The van der Waals surface area contributed by atoms with E-state index in [0.717, 1.165) is 12.8 Å². The number of aromatic nitrogens is 2. The Morgan fingerprint density at radius 2 is 2.32 bits per heavy atom. The summed E-state index contributed by atoms with van der Waals surface area (Å²) >= 11 is 0. The monoisotopic (exact) mass is 255 g/mol. The number of hydrogen-bond acceptors (Lipinski definition) is 2. The van der Waals surface area contributed by atoms with Crippen LogP contribution in [0.5, 0.6) is 0 Å². The van der Waals surface area contributed by atoms with E-state index in [0.29, 0.717) is 18.2 Å². The summed E-state index contributed by atoms with van der Waals surface area (Å²) in [6, 6.07) is 8.71. The molecule has 98 valence electrons. The van der Waals surface area contributed by atoms with Crippen molar-refractivity contribution in [1.29, 1.82) is 0 Å². The third kappa shape index (κ3) is 2.67. The molecule has 0 radical (unpaired) electrons. The van der Waals surface area contributed by atoms with Crippen LogP contribution in [0.15, 0.2) is 36.7 Å². The van der Waals surface area contributed by atoms with Crippen LogP contribution in [0.1, 0.15) is 34.3 Å². The molecule has 0 saturated heterocycles. The average molecular weight is 255 g/mol. The maximum absolute atomic E-state index is 12.4. The highest BCUT2D eigenvalue weighted by Crippen LogP contribution is 2.29. The zero-order valence-electron chi connectivity index (χ0n) is 11.0. The summed E-state index contributed by atoms with van der Waals surface area (Å²) in [5.41, 5.74) is 3.05. The highest BCUT2D eigenvalue weighted by Gasteiger charge is 2.33. The van der Waals surface area contributed by atoms with Crippen LogP contribution in [-0.4, -0.2) is 27.0 Å². The highest BCUT2D eigenvalue weighted by atomic mass is 16.2. The second-order valence-electron chi connectivity index (χ2n) is 5.14. The maximum atomic E-state index is 12.4. The predicted molar refractivity (Wildman–Crippen MR) is 72.7 cm³/mol. The average Bonchev–Trinajstić information content (AvgIpc) is 3.09. The molecule has 1 aromatic heterocycles. The summed E-state index contributed by atoms with van der Waals surface area (Å²) in [4.78, 5) is 14.4. The van der Waals surface area contributed by atoms with Crippen LogP contribution in [0.2, 0.25) is 0 Å². The molecule has 1 saturated carbocycles. The van der Waals surface area contributed by atoms with E-state index >= 15 is 0 Å². The zero-order chi connectivity index (χ0) is 13.2. The molecule has 19 heavy (non-hydrogen) atoms. The van der Waals surface area contributed by atoms with Gasteiger partial charge in [0.1, 0.15) is 0 Å². The Hall–Kier alpha value is -2.10. The van der Waals surface area contributed by atoms with Crippen molar-refractivity contribution in [1.82, 2.24) is 15.1 Å². The van der Waals surface area contributed by atoms with E-state index in [1.165, 1.54) is 11.1 Å². The molecule has 0 unspecified atom stereocenters. The zero-order valence-corrected chi connectivity index (χ0v) is 11.0. The lowest BCUT2D eigenvalue weighted by molar-refractivity contribution is 0.0730. The molecule has 3 rings (SSSR count). The SMILES string of the molecule is Cc1cccc(CN(C(=O)c2cn[nH]c2)C2CC2)c1. The standard InChI is InChI=1S/C15H17N3O/c1-11-3-2-4-12(7-11)10-18(14-5-6-14)15(19)13-8-16-17-9-13/h2-4,7-9,14H,5-6,10H2,1H3,(H,16,17). The number of nitrogens with zero attached hydrogens (tertiary/aromatic N) is 2. The Morgan fingerprint density at radius 3 is 2.95 bits per heavy atom. The van der Waals surface area contributed by atoms with Gasteiger partial charge in [0.2, 0.25) is 0 Å². The molecule has 4 heteroatoms. The number of aromatic amines is 1. The van der Waals surface area contributed by atoms with Gasteiger partial charge in [-0.1, -0.05) is 29.8 Å². The first-order valence-electron chi connectivity index (χ1n) is 6.59. The van der Waals surface area contributed by atoms with Crippen molar-refractivity contribution >= 4 is 5.91 Å². The van der Waals surface area contributed by atoms with E-state index in [4.69, 9.17) is 0 Å². The van der Waals surface area contributed by atoms with Gasteiger partial charge in [0.25, 0.3) is 5.91 Å². The molecule has 1 heterocycles. The van der Waals surface area contributed by atoms with Crippen molar-refractivity contribution in [3.63, 3.8) is 0 Å². The number of H-pyrrole nitrogens is 1. The lowest BCUT2D eigenvalue weighted by Gasteiger charge is -2.22. The number of carbonyl (C=O) groups is 1. The van der Waals surface area contributed by atoms with Crippen LogP contribution in [0.4, 0.5) is 0 Å². The number of amides is 1. The van der Waals surface area contributed by atoms with Crippen molar-refractivity contribution in [2.24, 2.45) is 0 Å². The first kappa shape index (κ1) is 12.0. The molecule has 2 aromatic rings. The van der Waals surface area contributed by atoms with Crippen molar-refractivity contribution in [2.45, 2.75) is 32.4 Å². The van der Waals surface area contributed by atoms with E-state index in [2.05, 4.69) is 35.3 Å². The van der Waals surface area contributed by atoms with Crippen molar-refractivity contribution in [2.75, 3.05) is 0 Å². The summed E-state index contributed by atoms with van der Waals surface area (Å²) in [6.45, 7) is 2.75. The predicted octanol–water partition coefficient (Wildman–Crippen LogP) is 2.52. The smallest absolute Gasteiger partial charge is 0.257 e. The molecule has 1 fully saturated rings. The molecule has 1 aliphatic rings. The molecule has 0 bridgehead atoms. The molecular weight excluding hydrogens is 238 g/mol. The fourth-order valence-electron chi connectivity index (χ4n) is 2.29. The quantitative estimate of drug-likeness (QED) is 0.912. The van der Waals surface area contributed by atoms with Gasteiger partial charge in [-0.2, -0.15) is 5.10 Å². The van der Waals surface area contributed by atoms with Gasteiger partial charge in [-0.3, -0.25) is 9.89 Å². The molecular formula is C15H17N3O. The fourth-order valence-corrected chi connectivity index (χ4v) is 2.29. The number of hydrogen-bond donors (Lipinski definition) is 1. The van der Waals surface area contributed by atoms with E-state index in [-0.39, 0.29) is 5.91 Å². The Kier molecular flexibility index (Phi) is 3.07. The minimum absolute atomic E-state index is 0.0674. The summed E-state index contributed by atoms with van der Waals surface area (Å²) in [5, 5.41) is 6.55. The lowest BCUT2D eigenvalue weighted by atomic mass is 10.1. The number of benzene rings is 1. The molecule has 1 amide bonds. The fraction of sp³-hybridized carbons (Fsp3) is 0.333. The second-order valence-corrected chi connectivity index (χ2v) is 5.14. The molecule has 0 aliphatic heterocycles. The van der Waals surface area contributed by atoms with Crippen molar-refractivity contribution in [3.05, 3.63) is 53.3 Å². The Labute approximate surface area is 112 Å². The van der Waals surface area contributed by atoms with Gasteiger partial charge in [0, 0.05) is 18.8 Å².